The molecule has 7 N–H and O–H groups in total. The van der Waals surface area contributed by atoms with Crippen LogP contribution in [-0.4, -0.2) is 44.8 Å². The van der Waals surface area contributed by atoms with Gasteiger partial charge in [0.1, 0.15) is 0 Å². The first kappa shape index (κ1) is 15.3. The molecule has 0 saturated heterocycles. The van der Waals surface area contributed by atoms with E-state index >= 15 is 0 Å². The van der Waals surface area contributed by atoms with Gasteiger partial charge >= 0.3 is 0 Å². The SMILES string of the molecule is NCCCCC(N)C(=O)NCCOCCN. The second-order valence-corrected chi connectivity index (χ2v) is 3.58. The summed E-state index contributed by atoms with van der Waals surface area (Å²) >= 11 is 0. The molecule has 6 nitrogen and oxygen atoms in total. The van der Waals surface area contributed by atoms with Crippen molar-refractivity contribution in [3.63, 3.8) is 0 Å². The average molecular weight is 232 g/mol. The quantitative estimate of drug-likeness (QED) is 0.343. The minimum atomic E-state index is -0.443. The summed E-state index contributed by atoms with van der Waals surface area (Å²) in [6, 6.07) is -0.443. The first-order chi connectivity index (χ1) is 7.72. The van der Waals surface area contributed by atoms with E-state index in [0.717, 1.165) is 12.8 Å². The maximum Gasteiger partial charge on any atom is 0.236 e. The van der Waals surface area contributed by atoms with Crippen LogP contribution in [0.1, 0.15) is 19.3 Å². The number of rotatable bonds is 10. The third-order valence-electron chi connectivity index (χ3n) is 2.11. The third-order valence-corrected chi connectivity index (χ3v) is 2.11. The minimum Gasteiger partial charge on any atom is -0.378 e. The molecule has 0 aliphatic rings. The Labute approximate surface area is 96.9 Å². The Hall–Kier alpha value is -0.690. The number of unbranched alkanes of at least 4 members (excludes halogenated alkanes) is 1. The maximum absolute atomic E-state index is 11.4. The second-order valence-electron chi connectivity index (χ2n) is 3.58. The molecule has 0 aromatic heterocycles. The van der Waals surface area contributed by atoms with Crippen molar-refractivity contribution in [1.82, 2.24) is 5.32 Å². The highest BCUT2D eigenvalue weighted by Gasteiger charge is 2.11. The lowest BCUT2D eigenvalue weighted by atomic mass is 10.1. The Kier molecular flexibility index (Phi) is 10.3. The summed E-state index contributed by atoms with van der Waals surface area (Å²) in [6.45, 7) is 2.59. The Morgan fingerprint density at radius 3 is 2.56 bits per heavy atom. The van der Waals surface area contributed by atoms with Crippen molar-refractivity contribution >= 4 is 5.91 Å². The van der Waals surface area contributed by atoms with Gasteiger partial charge in [-0.3, -0.25) is 4.79 Å². The van der Waals surface area contributed by atoms with Crippen LogP contribution in [0.15, 0.2) is 0 Å². The molecule has 0 radical (unpaired) electrons. The largest absolute Gasteiger partial charge is 0.378 e. The van der Waals surface area contributed by atoms with Crippen molar-refractivity contribution in [2.75, 3.05) is 32.8 Å². The molecule has 0 rings (SSSR count). The molecular formula is C10H24N4O2. The number of carbonyl (C=O) groups excluding carboxylic acids is 1. The predicted molar refractivity (Wildman–Crippen MR) is 63.8 cm³/mol. The predicted octanol–water partition coefficient (Wildman–Crippen LogP) is -1.47. The second kappa shape index (κ2) is 10.8. The Morgan fingerprint density at radius 1 is 1.19 bits per heavy atom. The van der Waals surface area contributed by atoms with E-state index in [-0.39, 0.29) is 5.91 Å². The van der Waals surface area contributed by atoms with Gasteiger partial charge in [-0.15, -0.1) is 0 Å². The van der Waals surface area contributed by atoms with Crippen LogP contribution in [-0.2, 0) is 9.53 Å². The lowest BCUT2D eigenvalue weighted by molar-refractivity contribution is -0.122. The highest BCUT2D eigenvalue weighted by atomic mass is 16.5. The molecule has 0 saturated carbocycles. The van der Waals surface area contributed by atoms with Gasteiger partial charge in [-0.05, 0) is 19.4 Å². The first-order valence-corrected chi connectivity index (χ1v) is 5.73. The van der Waals surface area contributed by atoms with Crippen LogP contribution in [0.25, 0.3) is 0 Å². The van der Waals surface area contributed by atoms with Gasteiger partial charge in [0.25, 0.3) is 0 Å². The van der Waals surface area contributed by atoms with Crippen LogP contribution in [0.4, 0.5) is 0 Å². The zero-order chi connectivity index (χ0) is 12.2. The molecule has 1 unspecified atom stereocenters. The topological polar surface area (TPSA) is 116 Å². The van der Waals surface area contributed by atoms with Crippen molar-refractivity contribution in [2.45, 2.75) is 25.3 Å². The molecule has 0 fully saturated rings. The number of ether oxygens (including phenoxy) is 1. The average Bonchev–Trinajstić information content (AvgIpc) is 2.28. The van der Waals surface area contributed by atoms with E-state index in [1.807, 2.05) is 0 Å². The molecule has 0 aromatic rings. The van der Waals surface area contributed by atoms with Gasteiger partial charge in [-0.1, -0.05) is 6.42 Å². The molecule has 0 heterocycles. The van der Waals surface area contributed by atoms with E-state index in [9.17, 15) is 4.79 Å². The van der Waals surface area contributed by atoms with E-state index < -0.39 is 6.04 Å². The summed E-state index contributed by atoms with van der Waals surface area (Å²) in [7, 11) is 0. The Morgan fingerprint density at radius 2 is 1.94 bits per heavy atom. The summed E-state index contributed by atoms with van der Waals surface area (Å²) in [4.78, 5) is 11.4. The summed E-state index contributed by atoms with van der Waals surface area (Å²) < 4.78 is 5.11. The van der Waals surface area contributed by atoms with Crippen LogP contribution < -0.4 is 22.5 Å². The van der Waals surface area contributed by atoms with Gasteiger partial charge in [0.15, 0.2) is 0 Å². The van der Waals surface area contributed by atoms with Crippen molar-refractivity contribution in [3.05, 3.63) is 0 Å². The van der Waals surface area contributed by atoms with E-state index in [1.54, 1.807) is 0 Å². The minimum absolute atomic E-state index is 0.131. The molecule has 1 amide bonds. The molecule has 0 spiro atoms. The number of carbonyl (C=O) groups is 1. The van der Waals surface area contributed by atoms with Gasteiger partial charge < -0.3 is 27.3 Å². The number of nitrogens with two attached hydrogens (primary N) is 3. The smallest absolute Gasteiger partial charge is 0.236 e. The molecule has 6 heteroatoms. The Bertz CT molecular complexity index is 178. The highest BCUT2D eigenvalue weighted by molar-refractivity contribution is 5.81. The third kappa shape index (κ3) is 8.60. The van der Waals surface area contributed by atoms with Gasteiger partial charge in [0.05, 0.1) is 19.3 Å². The number of amides is 1. The van der Waals surface area contributed by atoms with Gasteiger partial charge in [0.2, 0.25) is 5.91 Å². The number of hydrogen-bond donors (Lipinski definition) is 4. The van der Waals surface area contributed by atoms with Crippen molar-refractivity contribution < 1.29 is 9.53 Å². The fourth-order valence-electron chi connectivity index (χ4n) is 1.20. The van der Waals surface area contributed by atoms with Gasteiger partial charge in [-0.2, -0.15) is 0 Å². The summed E-state index contributed by atoms with van der Waals surface area (Å²) in [6.07, 6.45) is 2.46. The van der Waals surface area contributed by atoms with E-state index in [1.165, 1.54) is 0 Å². The molecule has 0 aromatic carbocycles. The summed E-state index contributed by atoms with van der Waals surface area (Å²) in [5.41, 5.74) is 16.3. The fourth-order valence-corrected chi connectivity index (χ4v) is 1.20. The first-order valence-electron chi connectivity index (χ1n) is 5.73. The normalized spacial score (nSPS) is 12.4. The van der Waals surface area contributed by atoms with Crippen molar-refractivity contribution in [3.8, 4) is 0 Å². The van der Waals surface area contributed by atoms with Gasteiger partial charge in [-0.25, -0.2) is 0 Å². The monoisotopic (exact) mass is 232 g/mol. The van der Waals surface area contributed by atoms with Crippen molar-refractivity contribution in [1.29, 1.82) is 0 Å². The van der Waals surface area contributed by atoms with E-state index in [4.69, 9.17) is 21.9 Å². The standard InChI is InChI=1S/C10H24N4O2/c11-4-2-1-3-9(13)10(15)14-6-8-16-7-5-12/h9H,1-8,11-13H2,(H,14,15). The fraction of sp³-hybridized carbons (Fsp3) is 0.900. The van der Waals surface area contributed by atoms with Crippen LogP contribution in [0, 0.1) is 0 Å². The lowest BCUT2D eigenvalue weighted by Gasteiger charge is -2.11. The molecular weight excluding hydrogens is 208 g/mol. The molecule has 16 heavy (non-hydrogen) atoms. The van der Waals surface area contributed by atoms with Crippen molar-refractivity contribution in [2.24, 2.45) is 17.2 Å². The van der Waals surface area contributed by atoms with E-state index in [0.29, 0.717) is 39.3 Å². The summed E-state index contributed by atoms with van der Waals surface area (Å²) in [5.74, 6) is -0.131. The molecule has 0 aliphatic heterocycles. The molecule has 1 atom stereocenters. The molecule has 96 valence electrons. The van der Waals surface area contributed by atoms with Gasteiger partial charge in [0, 0.05) is 13.1 Å². The maximum atomic E-state index is 11.4. The zero-order valence-electron chi connectivity index (χ0n) is 9.78. The van der Waals surface area contributed by atoms with E-state index in [2.05, 4.69) is 5.32 Å². The Balaban J connectivity index is 3.40. The number of hydrogen-bond acceptors (Lipinski definition) is 5. The van der Waals surface area contributed by atoms with Crippen LogP contribution in [0.2, 0.25) is 0 Å². The summed E-state index contributed by atoms with van der Waals surface area (Å²) in [5, 5.41) is 2.71. The molecule has 0 aliphatic carbocycles. The van der Waals surface area contributed by atoms with Crippen LogP contribution in [0.5, 0.6) is 0 Å². The zero-order valence-corrected chi connectivity index (χ0v) is 9.78. The van der Waals surface area contributed by atoms with Crippen LogP contribution >= 0.6 is 0 Å². The lowest BCUT2D eigenvalue weighted by Crippen LogP contribution is -2.41. The van der Waals surface area contributed by atoms with Crippen LogP contribution in [0.3, 0.4) is 0 Å². The highest BCUT2D eigenvalue weighted by Crippen LogP contribution is 1.97. The molecule has 0 bridgehead atoms. The number of nitrogens with one attached hydrogen (secondary N) is 1.